The standard InChI is InChI=1S/C15H14Cl2O3S/c1-20-15-6-5-14(17)8-12(15)10-21(18,19)9-11-3-2-4-13(16)7-11/h2-8H,9-10H2,1H3. The average molecular weight is 345 g/mol. The van der Waals surface area contributed by atoms with Crippen molar-refractivity contribution in [1.29, 1.82) is 0 Å². The Bertz CT molecular complexity index is 742. The van der Waals surface area contributed by atoms with Gasteiger partial charge in [-0.05, 0) is 35.9 Å². The molecule has 2 rings (SSSR count). The fourth-order valence-corrected chi connectivity index (χ4v) is 3.93. The smallest absolute Gasteiger partial charge is 0.158 e. The Morgan fingerprint density at radius 2 is 1.71 bits per heavy atom. The zero-order valence-corrected chi connectivity index (χ0v) is 13.7. The van der Waals surface area contributed by atoms with Gasteiger partial charge in [0.25, 0.3) is 0 Å². The first-order chi connectivity index (χ1) is 9.89. The monoisotopic (exact) mass is 344 g/mol. The highest BCUT2D eigenvalue weighted by molar-refractivity contribution is 7.89. The van der Waals surface area contributed by atoms with Crippen molar-refractivity contribution in [3.05, 3.63) is 63.6 Å². The first-order valence-electron chi connectivity index (χ1n) is 6.17. The van der Waals surface area contributed by atoms with Crippen molar-refractivity contribution in [1.82, 2.24) is 0 Å². The average Bonchev–Trinajstić information content (AvgIpc) is 2.37. The Morgan fingerprint density at radius 1 is 1.00 bits per heavy atom. The van der Waals surface area contributed by atoms with Gasteiger partial charge in [0, 0.05) is 15.6 Å². The summed E-state index contributed by atoms with van der Waals surface area (Å²) in [6.07, 6.45) is 0. The molecule has 0 bridgehead atoms. The molecule has 0 aliphatic heterocycles. The molecule has 21 heavy (non-hydrogen) atoms. The number of ether oxygens (including phenoxy) is 1. The lowest BCUT2D eigenvalue weighted by Gasteiger charge is -2.10. The quantitative estimate of drug-likeness (QED) is 0.819. The molecule has 2 aromatic carbocycles. The van der Waals surface area contributed by atoms with Crippen molar-refractivity contribution in [3.8, 4) is 5.75 Å². The topological polar surface area (TPSA) is 43.4 Å². The van der Waals surface area contributed by atoms with Crippen molar-refractivity contribution < 1.29 is 13.2 Å². The predicted molar refractivity (Wildman–Crippen MR) is 85.8 cm³/mol. The van der Waals surface area contributed by atoms with E-state index in [1.807, 2.05) is 0 Å². The summed E-state index contributed by atoms with van der Waals surface area (Å²) in [6, 6.07) is 11.7. The molecule has 6 heteroatoms. The summed E-state index contributed by atoms with van der Waals surface area (Å²) in [6.45, 7) is 0. The lowest BCUT2D eigenvalue weighted by atomic mass is 10.2. The normalized spacial score (nSPS) is 11.4. The molecule has 0 N–H and O–H groups in total. The molecule has 0 aliphatic carbocycles. The van der Waals surface area contributed by atoms with E-state index in [0.29, 0.717) is 26.9 Å². The molecule has 112 valence electrons. The van der Waals surface area contributed by atoms with E-state index in [0.717, 1.165) is 0 Å². The van der Waals surface area contributed by atoms with Crippen LogP contribution in [0.5, 0.6) is 5.75 Å². The molecule has 0 saturated carbocycles. The van der Waals surface area contributed by atoms with Gasteiger partial charge in [-0.15, -0.1) is 0 Å². The lowest BCUT2D eigenvalue weighted by Crippen LogP contribution is -2.08. The highest BCUT2D eigenvalue weighted by Gasteiger charge is 2.16. The van der Waals surface area contributed by atoms with Crippen molar-refractivity contribution in [2.75, 3.05) is 7.11 Å². The molecule has 0 atom stereocenters. The SMILES string of the molecule is COc1ccc(Cl)cc1CS(=O)(=O)Cc1cccc(Cl)c1. The third-order valence-corrected chi connectivity index (χ3v) is 4.89. The van der Waals surface area contributed by atoms with E-state index in [1.165, 1.54) is 7.11 Å². The van der Waals surface area contributed by atoms with Crippen LogP contribution in [0.1, 0.15) is 11.1 Å². The van der Waals surface area contributed by atoms with Crippen LogP contribution >= 0.6 is 23.2 Å². The first-order valence-corrected chi connectivity index (χ1v) is 8.74. The van der Waals surface area contributed by atoms with Gasteiger partial charge in [0.05, 0.1) is 18.6 Å². The van der Waals surface area contributed by atoms with Crippen molar-refractivity contribution in [2.24, 2.45) is 0 Å². The van der Waals surface area contributed by atoms with Crippen LogP contribution in [-0.2, 0) is 21.3 Å². The van der Waals surface area contributed by atoms with E-state index in [2.05, 4.69) is 0 Å². The number of rotatable bonds is 5. The fourth-order valence-electron chi connectivity index (χ4n) is 2.03. The summed E-state index contributed by atoms with van der Waals surface area (Å²) in [7, 11) is -1.85. The third-order valence-electron chi connectivity index (χ3n) is 2.89. The van der Waals surface area contributed by atoms with Gasteiger partial charge in [-0.1, -0.05) is 35.3 Å². The molecule has 0 heterocycles. The van der Waals surface area contributed by atoms with E-state index < -0.39 is 9.84 Å². The molecule has 2 aromatic rings. The molecule has 0 fully saturated rings. The molecule has 3 nitrogen and oxygen atoms in total. The summed E-state index contributed by atoms with van der Waals surface area (Å²) < 4.78 is 29.8. The van der Waals surface area contributed by atoms with Gasteiger partial charge in [0.15, 0.2) is 9.84 Å². The summed E-state index contributed by atoms with van der Waals surface area (Å²) in [5.74, 6) is 0.293. The second-order valence-corrected chi connectivity index (χ2v) is 7.56. The van der Waals surface area contributed by atoms with Crippen LogP contribution in [0.2, 0.25) is 10.0 Å². The Hall–Kier alpha value is -1.23. The highest BCUT2D eigenvalue weighted by Crippen LogP contribution is 2.26. The van der Waals surface area contributed by atoms with E-state index in [4.69, 9.17) is 27.9 Å². The maximum Gasteiger partial charge on any atom is 0.158 e. The largest absolute Gasteiger partial charge is 0.496 e. The minimum absolute atomic E-state index is 0.0801. The summed E-state index contributed by atoms with van der Waals surface area (Å²) in [5.41, 5.74) is 1.20. The molecule has 0 aliphatic rings. The van der Waals surface area contributed by atoms with Crippen LogP contribution < -0.4 is 4.74 Å². The van der Waals surface area contributed by atoms with Crippen LogP contribution in [0.4, 0.5) is 0 Å². The Kier molecular flexibility index (Phi) is 5.14. The van der Waals surface area contributed by atoms with E-state index >= 15 is 0 Å². The number of halogens is 2. The van der Waals surface area contributed by atoms with Crippen LogP contribution in [0.25, 0.3) is 0 Å². The molecular formula is C15H14Cl2O3S. The van der Waals surface area contributed by atoms with E-state index in [1.54, 1.807) is 42.5 Å². The Labute approximate surface area is 134 Å². The lowest BCUT2D eigenvalue weighted by molar-refractivity contribution is 0.411. The van der Waals surface area contributed by atoms with Gasteiger partial charge in [-0.25, -0.2) is 8.42 Å². The molecule has 0 aromatic heterocycles. The number of hydrogen-bond acceptors (Lipinski definition) is 3. The summed E-state index contributed by atoms with van der Waals surface area (Å²) in [5, 5.41) is 0.992. The summed E-state index contributed by atoms with van der Waals surface area (Å²) in [4.78, 5) is 0. The van der Waals surface area contributed by atoms with Crippen LogP contribution in [-0.4, -0.2) is 15.5 Å². The summed E-state index contributed by atoms with van der Waals surface area (Å²) >= 11 is 11.8. The number of benzene rings is 2. The maximum atomic E-state index is 12.3. The molecule has 0 amide bonds. The Morgan fingerprint density at radius 3 is 2.38 bits per heavy atom. The van der Waals surface area contributed by atoms with Crippen LogP contribution in [0, 0.1) is 0 Å². The second kappa shape index (κ2) is 6.69. The zero-order valence-electron chi connectivity index (χ0n) is 11.3. The second-order valence-electron chi connectivity index (χ2n) is 4.62. The van der Waals surface area contributed by atoms with Gasteiger partial charge in [-0.2, -0.15) is 0 Å². The first kappa shape index (κ1) is 16.1. The predicted octanol–water partition coefficient (Wildman–Crippen LogP) is 4.12. The maximum absolute atomic E-state index is 12.3. The highest BCUT2D eigenvalue weighted by atomic mass is 35.5. The molecule has 0 radical (unpaired) electrons. The fraction of sp³-hybridized carbons (Fsp3) is 0.200. The van der Waals surface area contributed by atoms with E-state index in [9.17, 15) is 8.42 Å². The number of sulfone groups is 1. The van der Waals surface area contributed by atoms with Gasteiger partial charge < -0.3 is 4.74 Å². The molecule has 0 saturated heterocycles. The Balaban J connectivity index is 2.23. The van der Waals surface area contributed by atoms with Gasteiger partial charge in [-0.3, -0.25) is 0 Å². The minimum Gasteiger partial charge on any atom is -0.496 e. The zero-order chi connectivity index (χ0) is 15.5. The molecular weight excluding hydrogens is 331 g/mol. The van der Waals surface area contributed by atoms with E-state index in [-0.39, 0.29) is 11.5 Å². The van der Waals surface area contributed by atoms with Gasteiger partial charge in [0.2, 0.25) is 0 Å². The molecule has 0 unspecified atom stereocenters. The molecule has 0 spiro atoms. The van der Waals surface area contributed by atoms with Gasteiger partial charge in [0.1, 0.15) is 5.75 Å². The number of methoxy groups -OCH3 is 1. The number of hydrogen-bond donors (Lipinski definition) is 0. The van der Waals surface area contributed by atoms with Crippen LogP contribution in [0.3, 0.4) is 0 Å². The van der Waals surface area contributed by atoms with Crippen molar-refractivity contribution >= 4 is 33.0 Å². The van der Waals surface area contributed by atoms with Crippen molar-refractivity contribution in [3.63, 3.8) is 0 Å². The van der Waals surface area contributed by atoms with Crippen molar-refractivity contribution in [2.45, 2.75) is 11.5 Å². The minimum atomic E-state index is -3.35. The third kappa shape index (κ3) is 4.63. The van der Waals surface area contributed by atoms with Crippen LogP contribution in [0.15, 0.2) is 42.5 Å². The van der Waals surface area contributed by atoms with Gasteiger partial charge >= 0.3 is 0 Å².